The molecule has 0 spiro atoms. The molecule has 3 aromatic rings. The van der Waals surface area contributed by atoms with Crippen molar-refractivity contribution in [1.82, 2.24) is 20.2 Å². The number of nitrogens with zero attached hydrogens (tertiary/aromatic N) is 4. The average molecular weight is 525 g/mol. The molecule has 1 saturated carbocycles. The number of hydrogen-bond acceptors (Lipinski definition) is 8. The lowest BCUT2D eigenvalue weighted by Crippen LogP contribution is -2.21. The molecule has 4 rings (SSSR count). The molecule has 1 fully saturated rings. The van der Waals surface area contributed by atoms with Gasteiger partial charge in [-0.1, -0.05) is 12.5 Å². The number of sulfone groups is 1. The van der Waals surface area contributed by atoms with Crippen LogP contribution in [0.2, 0.25) is 0 Å². The van der Waals surface area contributed by atoms with Crippen molar-refractivity contribution < 1.29 is 35.5 Å². The van der Waals surface area contributed by atoms with E-state index in [0.717, 1.165) is 38.5 Å². The number of benzene rings is 1. The predicted octanol–water partition coefficient (Wildman–Crippen LogP) is 4.45. The first-order chi connectivity index (χ1) is 16.8. The second-order valence-corrected chi connectivity index (χ2v) is 10.2. The van der Waals surface area contributed by atoms with Crippen LogP contribution in [0.1, 0.15) is 52.5 Å². The molecule has 190 valence electrons. The smallest absolute Gasteiger partial charge is 0.414 e. The zero-order valence-electron chi connectivity index (χ0n) is 18.9. The van der Waals surface area contributed by atoms with E-state index in [4.69, 9.17) is 4.74 Å². The van der Waals surface area contributed by atoms with Crippen molar-refractivity contribution in [3.63, 3.8) is 0 Å². The van der Waals surface area contributed by atoms with Gasteiger partial charge in [-0.25, -0.2) is 18.4 Å². The second kappa shape index (κ2) is 9.41. The Morgan fingerprint density at radius 1 is 1.17 bits per heavy atom. The topological polar surface area (TPSA) is 124 Å². The Morgan fingerprint density at radius 3 is 2.47 bits per heavy atom. The Labute approximate surface area is 202 Å². The average Bonchev–Trinajstić information content (AvgIpc) is 2.73. The molecule has 0 bridgehead atoms. The first kappa shape index (κ1) is 25.4. The van der Waals surface area contributed by atoms with E-state index in [-0.39, 0.29) is 16.5 Å². The van der Waals surface area contributed by atoms with E-state index in [1.54, 1.807) is 0 Å². The Bertz CT molecular complexity index is 1440. The lowest BCUT2D eigenvalue weighted by atomic mass is 9.83. The minimum atomic E-state index is -4.95. The lowest BCUT2D eigenvalue weighted by molar-refractivity contribution is -0.142. The van der Waals surface area contributed by atoms with Gasteiger partial charge in [-0.05, 0) is 43.5 Å². The van der Waals surface area contributed by atoms with Crippen LogP contribution >= 0.6 is 0 Å². The van der Waals surface area contributed by atoms with Gasteiger partial charge in [0, 0.05) is 17.9 Å². The first-order valence-corrected chi connectivity index (χ1v) is 12.5. The Balaban J connectivity index is 1.72. The molecule has 1 aromatic carbocycles. The molecule has 0 unspecified atom stereocenters. The normalized spacial score (nSPS) is 14.3. The number of ether oxygens (including phenoxy) is 1. The molecule has 1 amide bonds. The number of nitrogens with one attached hydrogen (secondary N) is 1. The van der Waals surface area contributed by atoms with E-state index >= 15 is 0 Å². The van der Waals surface area contributed by atoms with Crippen LogP contribution in [0.5, 0.6) is 11.8 Å². The highest BCUT2D eigenvalue weighted by atomic mass is 32.2. The van der Waals surface area contributed by atoms with Crippen molar-refractivity contribution in [2.75, 3.05) is 11.6 Å². The fourth-order valence-corrected chi connectivity index (χ4v) is 4.20. The van der Waals surface area contributed by atoms with Gasteiger partial charge in [0.05, 0.1) is 16.8 Å². The molecule has 0 saturated heterocycles. The molecule has 2 aromatic heterocycles. The van der Waals surface area contributed by atoms with Crippen LogP contribution in [0.15, 0.2) is 35.4 Å². The summed E-state index contributed by atoms with van der Waals surface area (Å²) in [6, 6.07) is 5.10. The Morgan fingerprint density at radius 2 is 1.89 bits per heavy atom. The summed E-state index contributed by atoms with van der Waals surface area (Å²) in [5, 5.41) is 8.80. The number of hydrogen-bond donors (Lipinski definition) is 1. The maximum absolute atomic E-state index is 14.6. The van der Waals surface area contributed by atoms with Gasteiger partial charge in [-0.15, -0.1) is 10.2 Å². The molecule has 14 heteroatoms. The summed E-state index contributed by atoms with van der Waals surface area (Å²) in [7, 11) is -3.63. The summed E-state index contributed by atoms with van der Waals surface area (Å²) in [5.74, 6) is -3.60. The van der Waals surface area contributed by atoms with E-state index in [2.05, 4.69) is 25.5 Å². The number of carbonyl (C=O) groups is 1. The summed E-state index contributed by atoms with van der Waals surface area (Å²) in [6.45, 7) is 0.980. The van der Waals surface area contributed by atoms with Crippen molar-refractivity contribution in [3.05, 3.63) is 58.9 Å². The number of alkyl halides is 3. The van der Waals surface area contributed by atoms with Crippen molar-refractivity contribution in [1.29, 1.82) is 0 Å². The molecule has 0 atom stereocenters. The maximum atomic E-state index is 14.6. The molecular formula is C22H19F4N5O4S. The Kier molecular flexibility index (Phi) is 6.64. The number of rotatable bonds is 6. The number of aromatic nitrogens is 4. The molecule has 2 heterocycles. The molecule has 1 N–H and O–H groups in total. The van der Waals surface area contributed by atoms with Crippen LogP contribution < -0.4 is 10.1 Å². The zero-order chi connectivity index (χ0) is 26.3. The standard InChI is InChI=1S/C22H19F4N5O4S/c1-11-16(19(32)28-13-7-4-8-14(9-13)36(2,33)34)20(31-30-17(11)22(24,25)26)35-21-18(23)29-15(10-27-21)12-5-3-6-12/h4,7-10,12H,3,5-6H2,1-2H3,(H,28,32). The zero-order valence-corrected chi connectivity index (χ0v) is 19.7. The van der Waals surface area contributed by atoms with Crippen LogP contribution in [-0.4, -0.2) is 40.7 Å². The van der Waals surface area contributed by atoms with Gasteiger partial charge in [0.1, 0.15) is 5.56 Å². The van der Waals surface area contributed by atoms with Crippen molar-refractivity contribution in [3.8, 4) is 11.8 Å². The number of halogens is 4. The van der Waals surface area contributed by atoms with Gasteiger partial charge in [0.25, 0.3) is 23.6 Å². The summed E-state index contributed by atoms with van der Waals surface area (Å²) < 4.78 is 83.8. The van der Waals surface area contributed by atoms with Gasteiger partial charge < -0.3 is 10.1 Å². The van der Waals surface area contributed by atoms with E-state index in [9.17, 15) is 30.8 Å². The lowest BCUT2D eigenvalue weighted by Gasteiger charge is -2.24. The molecule has 0 radical (unpaired) electrons. The van der Waals surface area contributed by atoms with E-state index < -0.39 is 56.4 Å². The predicted molar refractivity (Wildman–Crippen MR) is 118 cm³/mol. The van der Waals surface area contributed by atoms with Crippen molar-refractivity contribution >= 4 is 21.4 Å². The largest absolute Gasteiger partial charge is 0.435 e. The van der Waals surface area contributed by atoms with Crippen LogP contribution in [0.25, 0.3) is 0 Å². The van der Waals surface area contributed by atoms with Gasteiger partial charge in [0.2, 0.25) is 0 Å². The number of anilines is 1. The highest BCUT2D eigenvalue weighted by Gasteiger charge is 2.38. The van der Waals surface area contributed by atoms with Gasteiger partial charge in [0.15, 0.2) is 15.5 Å². The van der Waals surface area contributed by atoms with E-state index in [0.29, 0.717) is 5.69 Å². The quantitative estimate of drug-likeness (QED) is 0.468. The molecule has 36 heavy (non-hydrogen) atoms. The van der Waals surface area contributed by atoms with Crippen molar-refractivity contribution in [2.24, 2.45) is 0 Å². The van der Waals surface area contributed by atoms with Gasteiger partial charge >= 0.3 is 6.18 Å². The second-order valence-electron chi connectivity index (χ2n) is 8.23. The fraction of sp³-hybridized carbons (Fsp3) is 0.318. The Hall–Kier alpha value is -3.68. The summed E-state index contributed by atoms with van der Waals surface area (Å²) in [4.78, 5) is 20.6. The molecular weight excluding hydrogens is 506 g/mol. The first-order valence-electron chi connectivity index (χ1n) is 10.6. The van der Waals surface area contributed by atoms with Crippen molar-refractivity contribution in [2.45, 2.75) is 43.2 Å². The minimum Gasteiger partial charge on any atom is -0.414 e. The third-order valence-electron chi connectivity index (χ3n) is 5.64. The fourth-order valence-electron chi connectivity index (χ4n) is 3.53. The van der Waals surface area contributed by atoms with E-state index in [1.807, 2.05) is 0 Å². The summed E-state index contributed by atoms with van der Waals surface area (Å²) >= 11 is 0. The molecule has 9 nitrogen and oxygen atoms in total. The third kappa shape index (κ3) is 5.27. The highest BCUT2D eigenvalue weighted by molar-refractivity contribution is 7.90. The number of carbonyl (C=O) groups excluding carboxylic acids is 1. The van der Waals surface area contributed by atoms with Crippen LogP contribution in [0, 0.1) is 12.9 Å². The minimum absolute atomic E-state index is 0.0190. The van der Waals surface area contributed by atoms with Gasteiger partial charge in [-0.3, -0.25) is 4.79 Å². The van der Waals surface area contributed by atoms with E-state index in [1.165, 1.54) is 24.4 Å². The SMILES string of the molecule is Cc1c(C(F)(F)F)nnc(Oc2ncc(C3CCC3)nc2F)c1C(=O)Nc1cccc(S(C)(=O)=O)c1. The summed E-state index contributed by atoms with van der Waals surface area (Å²) in [6.07, 6.45) is -0.0404. The van der Waals surface area contributed by atoms with Gasteiger partial charge in [-0.2, -0.15) is 17.6 Å². The molecule has 1 aliphatic carbocycles. The molecule has 0 aliphatic heterocycles. The monoisotopic (exact) mass is 525 g/mol. The maximum Gasteiger partial charge on any atom is 0.435 e. The van der Waals surface area contributed by atoms with Crippen LogP contribution in [0.4, 0.5) is 23.2 Å². The van der Waals surface area contributed by atoms with Crippen LogP contribution in [-0.2, 0) is 16.0 Å². The number of amides is 1. The molecule has 1 aliphatic rings. The highest BCUT2D eigenvalue weighted by Crippen LogP contribution is 2.37. The third-order valence-corrected chi connectivity index (χ3v) is 6.75. The summed E-state index contributed by atoms with van der Waals surface area (Å²) in [5.41, 5.74) is -2.37. The van der Waals surface area contributed by atoms with Crippen LogP contribution in [0.3, 0.4) is 0 Å².